The number of aliphatic hydroxyl groups excluding tert-OH is 1. The molecule has 0 radical (unpaired) electrons. The Morgan fingerprint density at radius 1 is 1.35 bits per heavy atom. The molecule has 2 atom stereocenters. The minimum Gasteiger partial charge on any atom is -0.394 e. The summed E-state index contributed by atoms with van der Waals surface area (Å²) in [6, 6.07) is 1.65. The van der Waals surface area contributed by atoms with E-state index in [4.69, 9.17) is 5.73 Å². The minimum atomic E-state index is -4.09. The Balaban J connectivity index is 2.13. The minimum absolute atomic E-state index is 0.0145. The van der Waals surface area contributed by atoms with Gasteiger partial charge in [0.1, 0.15) is 16.4 Å². The molecular formula is C12H16F2N2O3S. The van der Waals surface area contributed by atoms with Gasteiger partial charge in [0.2, 0.25) is 10.0 Å². The van der Waals surface area contributed by atoms with Crippen LogP contribution in [0.2, 0.25) is 0 Å². The first-order valence-corrected chi connectivity index (χ1v) is 7.71. The van der Waals surface area contributed by atoms with Crippen molar-refractivity contribution in [1.82, 2.24) is 4.72 Å². The van der Waals surface area contributed by atoms with E-state index >= 15 is 0 Å². The van der Waals surface area contributed by atoms with Crippen molar-refractivity contribution in [3.8, 4) is 0 Å². The van der Waals surface area contributed by atoms with Crippen molar-refractivity contribution in [1.29, 1.82) is 0 Å². The number of aliphatic hydroxyl groups is 1. The maximum Gasteiger partial charge on any atom is 0.243 e. The lowest BCUT2D eigenvalue weighted by Crippen LogP contribution is -2.29. The zero-order valence-corrected chi connectivity index (χ0v) is 11.5. The highest BCUT2D eigenvalue weighted by Crippen LogP contribution is 2.26. The standard InChI is InChI=1S/C12H16F2N2O3S/c13-9-3-4-10(11(14)12(9)15)20(18,19)16-6-7-1-2-8(17)5-7/h3-4,7-8,16-17H,1-2,5-6,15H2. The maximum atomic E-state index is 13.7. The summed E-state index contributed by atoms with van der Waals surface area (Å²) in [7, 11) is -4.09. The van der Waals surface area contributed by atoms with Crippen LogP contribution in [0.5, 0.6) is 0 Å². The number of hydrogen-bond donors (Lipinski definition) is 3. The molecule has 1 aromatic carbocycles. The summed E-state index contributed by atoms with van der Waals surface area (Å²) in [5.41, 5.74) is 4.32. The van der Waals surface area contributed by atoms with E-state index in [-0.39, 0.29) is 12.5 Å². The molecule has 2 rings (SSSR count). The van der Waals surface area contributed by atoms with Gasteiger partial charge in [0.15, 0.2) is 5.82 Å². The molecule has 0 heterocycles. The molecule has 1 aliphatic rings. The van der Waals surface area contributed by atoms with Gasteiger partial charge in [0, 0.05) is 6.54 Å². The molecular weight excluding hydrogens is 290 g/mol. The maximum absolute atomic E-state index is 13.7. The number of sulfonamides is 1. The fourth-order valence-electron chi connectivity index (χ4n) is 2.30. The molecule has 1 aromatic rings. The molecule has 0 saturated heterocycles. The molecule has 1 fully saturated rings. The fraction of sp³-hybridized carbons (Fsp3) is 0.500. The molecule has 0 bridgehead atoms. The Bertz CT molecular complexity index is 607. The summed E-state index contributed by atoms with van der Waals surface area (Å²) in [5, 5.41) is 9.36. The monoisotopic (exact) mass is 306 g/mol. The number of anilines is 1. The fourth-order valence-corrected chi connectivity index (χ4v) is 3.50. The molecule has 0 amide bonds. The van der Waals surface area contributed by atoms with E-state index in [9.17, 15) is 22.3 Å². The Kier molecular flexibility index (Phi) is 4.26. The Hall–Kier alpha value is -1.25. The van der Waals surface area contributed by atoms with Crippen molar-refractivity contribution < 1.29 is 22.3 Å². The van der Waals surface area contributed by atoms with E-state index in [1.165, 1.54) is 0 Å². The van der Waals surface area contributed by atoms with Gasteiger partial charge in [0.25, 0.3) is 0 Å². The van der Waals surface area contributed by atoms with Crippen LogP contribution in [0, 0.1) is 17.6 Å². The molecule has 112 valence electrons. The molecule has 0 aromatic heterocycles. The van der Waals surface area contributed by atoms with E-state index in [0.29, 0.717) is 19.3 Å². The first-order valence-electron chi connectivity index (χ1n) is 6.22. The van der Waals surface area contributed by atoms with Gasteiger partial charge >= 0.3 is 0 Å². The average molecular weight is 306 g/mol. The van der Waals surface area contributed by atoms with E-state index in [1.54, 1.807) is 0 Å². The van der Waals surface area contributed by atoms with Crippen LogP contribution in [0.3, 0.4) is 0 Å². The van der Waals surface area contributed by atoms with Crippen LogP contribution >= 0.6 is 0 Å². The number of benzene rings is 1. The van der Waals surface area contributed by atoms with Gasteiger partial charge in [-0.3, -0.25) is 0 Å². The van der Waals surface area contributed by atoms with E-state index in [2.05, 4.69) is 4.72 Å². The summed E-state index contributed by atoms with van der Waals surface area (Å²) in [6.07, 6.45) is 1.43. The van der Waals surface area contributed by atoms with Crippen molar-refractivity contribution in [3.63, 3.8) is 0 Å². The van der Waals surface area contributed by atoms with Crippen LogP contribution in [-0.4, -0.2) is 26.2 Å². The predicted molar refractivity (Wildman–Crippen MR) is 69.3 cm³/mol. The summed E-state index contributed by atoms with van der Waals surface area (Å²) < 4.78 is 52.9. The molecule has 1 saturated carbocycles. The molecule has 0 spiro atoms. The Labute approximate surface area is 115 Å². The normalized spacial score (nSPS) is 23.1. The first-order chi connectivity index (χ1) is 9.31. The second-order valence-corrected chi connectivity index (χ2v) is 6.69. The van der Waals surface area contributed by atoms with Crippen molar-refractivity contribution in [2.24, 2.45) is 5.92 Å². The van der Waals surface area contributed by atoms with Crippen LogP contribution in [-0.2, 0) is 10.0 Å². The van der Waals surface area contributed by atoms with Crippen LogP contribution in [0.4, 0.5) is 14.5 Å². The Morgan fingerprint density at radius 2 is 2.05 bits per heavy atom. The van der Waals surface area contributed by atoms with E-state index < -0.39 is 38.3 Å². The third-order valence-electron chi connectivity index (χ3n) is 3.46. The molecule has 0 aliphatic heterocycles. The van der Waals surface area contributed by atoms with Crippen LogP contribution in [0.1, 0.15) is 19.3 Å². The lowest BCUT2D eigenvalue weighted by atomic mass is 10.1. The average Bonchev–Trinajstić information content (AvgIpc) is 2.79. The van der Waals surface area contributed by atoms with Gasteiger partial charge in [0.05, 0.1) is 6.10 Å². The molecule has 20 heavy (non-hydrogen) atoms. The lowest BCUT2D eigenvalue weighted by Gasteiger charge is -2.12. The Morgan fingerprint density at radius 3 is 2.65 bits per heavy atom. The number of nitrogens with two attached hydrogens (primary N) is 1. The molecule has 8 heteroatoms. The number of nitrogen functional groups attached to an aromatic ring is 1. The van der Waals surface area contributed by atoms with Crippen LogP contribution in [0.15, 0.2) is 17.0 Å². The molecule has 4 N–H and O–H groups in total. The molecule has 5 nitrogen and oxygen atoms in total. The number of rotatable bonds is 4. The zero-order valence-electron chi connectivity index (χ0n) is 10.6. The van der Waals surface area contributed by atoms with Crippen molar-refractivity contribution in [2.45, 2.75) is 30.3 Å². The van der Waals surface area contributed by atoms with Gasteiger partial charge in [-0.2, -0.15) is 0 Å². The molecule has 2 unspecified atom stereocenters. The van der Waals surface area contributed by atoms with Gasteiger partial charge in [-0.05, 0) is 37.3 Å². The lowest BCUT2D eigenvalue weighted by molar-refractivity contribution is 0.178. The SMILES string of the molecule is Nc1c(F)ccc(S(=O)(=O)NCC2CCC(O)C2)c1F. The summed E-state index contributed by atoms with van der Waals surface area (Å²) in [6.45, 7) is 0.107. The van der Waals surface area contributed by atoms with Crippen molar-refractivity contribution in [3.05, 3.63) is 23.8 Å². The zero-order chi connectivity index (χ0) is 14.9. The van der Waals surface area contributed by atoms with E-state index in [0.717, 1.165) is 12.1 Å². The number of hydrogen-bond acceptors (Lipinski definition) is 4. The van der Waals surface area contributed by atoms with Crippen molar-refractivity contribution in [2.75, 3.05) is 12.3 Å². The third-order valence-corrected chi connectivity index (χ3v) is 4.90. The smallest absolute Gasteiger partial charge is 0.243 e. The highest BCUT2D eigenvalue weighted by Gasteiger charge is 2.27. The summed E-state index contributed by atoms with van der Waals surface area (Å²) in [5.74, 6) is -2.27. The largest absolute Gasteiger partial charge is 0.394 e. The topological polar surface area (TPSA) is 92.4 Å². The summed E-state index contributed by atoms with van der Waals surface area (Å²) >= 11 is 0. The van der Waals surface area contributed by atoms with Gasteiger partial charge in [-0.15, -0.1) is 0 Å². The van der Waals surface area contributed by atoms with Gasteiger partial charge < -0.3 is 10.8 Å². The van der Waals surface area contributed by atoms with Crippen LogP contribution in [0.25, 0.3) is 0 Å². The van der Waals surface area contributed by atoms with Gasteiger partial charge in [-0.1, -0.05) is 0 Å². The quantitative estimate of drug-likeness (QED) is 0.723. The second kappa shape index (κ2) is 5.63. The summed E-state index contributed by atoms with van der Waals surface area (Å²) in [4.78, 5) is -0.671. The third kappa shape index (κ3) is 3.08. The second-order valence-electron chi connectivity index (χ2n) is 4.96. The van der Waals surface area contributed by atoms with Crippen molar-refractivity contribution >= 4 is 15.7 Å². The highest BCUT2D eigenvalue weighted by atomic mass is 32.2. The van der Waals surface area contributed by atoms with E-state index in [1.807, 2.05) is 0 Å². The number of nitrogens with one attached hydrogen (secondary N) is 1. The van der Waals surface area contributed by atoms with Crippen LogP contribution < -0.4 is 10.5 Å². The first kappa shape index (κ1) is 15.1. The predicted octanol–water partition coefficient (Wildman–Crippen LogP) is 0.986. The number of halogens is 2. The van der Waals surface area contributed by atoms with Gasteiger partial charge in [-0.25, -0.2) is 21.9 Å². The highest BCUT2D eigenvalue weighted by molar-refractivity contribution is 7.89. The molecule has 1 aliphatic carbocycles.